The van der Waals surface area contributed by atoms with Gasteiger partial charge < -0.3 is 0 Å². The third-order valence-corrected chi connectivity index (χ3v) is 9.10. The molecule has 5 rings (SSSR count). The number of hydrogen-bond acceptors (Lipinski definition) is 0. The molecule has 3 atom stereocenters. The van der Waals surface area contributed by atoms with Crippen LogP contribution in [0.1, 0.15) is 75.2 Å². The first-order chi connectivity index (χ1) is 19.9. The zero-order chi connectivity index (χ0) is 30.7. The molecule has 0 bridgehead atoms. The largest absolute Gasteiger partial charge is 0.409 e. The topological polar surface area (TPSA) is 0 Å². The van der Waals surface area contributed by atoms with Crippen molar-refractivity contribution in [2.24, 2.45) is 11.3 Å². The summed E-state index contributed by atoms with van der Waals surface area (Å²) < 4.78 is 46.6. The first kappa shape index (κ1) is 31.4. The summed E-state index contributed by atoms with van der Waals surface area (Å²) in [6, 6.07) is 15.7. The molecule has 0 amide bonds. The highest BCUT2D eigenvalue weighted by atomic mass is 19.4. The molecule has 0 heterocycles. The first-order valence-electron chi connectivity index (χ1n) is 14.7. The summed E-state index contributed by atoms with van der Waals surface area (Å²) in [5, 5.41) is 0. The number of hydrogen-bond donors (Lipinski definition) is 0. The van der Waals surface area contributed by atoms with Gasteiger partial charge in [0.15, 0.2) is 0 Å². The van der Waals surface area contributed by atoms with Crippen LogP contribution in [-0.4, -0.2) is 12.3 Å². The summed E-state index contributed by atoms with van der Waals surface area (Å²) in [5.74, 6) is 0.310. The van der Waals surface area contributed by atoms with E-state index in [9.17, 15) is 17.6 Å². The monoisotopic (exact) mass is 574 g/mol. The summed E-state index contributed by atoms with van der Waals surface area (Å²) in [7, 11) is 0. The number of halogens is 4. The van der Waals surface area contributed by atoms with Crippen LogP contribution in [-0.2, 0) is 11.8 Å². The Morgan fingerprint density at radius 1 is 1.12 bits per heavy atom. The lowest BCUT2D eigenvalue weighted by molar-refractivity contribution is -0.0795. The van der Waals surface area contributed by atoms with Crippen molar-refractivity contribution >= 4 is 11.1 Å². The predicted molar refractivity (Wildman–Crippen MR) is 169 cm³/mol. The summed E-state index contributed by atoms with van der Waals surface area (Å²) in [6.07, 6.45) is 7.30. The van der Waals surface area contributed by atoms with E-state index in [-0.39, 0.29) is 18.3 Å². The fraction of sp³-hybridized carbons (Fsp3) is 0.368. The van der Waals surface area contributed by atoms with Gasteiger partial charge in [-0.15, -0.1) is 11.5 Å². The fourth-order valence-electron chi connectivity index (χ4n) is 6.20. The highest BCUT2D eigenvalue weighted by molar-refractivity contribution is 5.85. The maximum absolute atomic E-state index is 14.6. The van der Waals surface area contributed by atoms with E-state index >= 15 is 0 Å². The summed E-state index contributed by atoms with van der Waals surface area (Å²) in [5.41, 5.74) is 16.2. The van der Waals surface area contributed by atoms with Crippen molar-refractivity contribution in [2.75, 3.05) is 0 Å². The van der Waals surface area contributed by atoms with E-state index in [1.54, 1.807) is 0 Å². The van der Waals surface area contributed by atoms with E-state index in [4.69, 9.17) is 0 Å². The van der Waals surface area contributed by atoms with Crippen LogP contribution in [0.5, 0.6) is 0 Å². The third-order valence-electron chi connectivity index (χ3n) is 9.10. The Balaban J connectivity index is 0.000000658. The Kier molecular flexibility index (Phi) is 9.21. The molecule has 0 saturated heterocycles. The maximum Gasteiger partial charge on any atom is 0.409 e. The van der Waals surface area contributed by atoms with Crippen LogP contribution in [0.25, 0.3) is 11.1 Å². The second kappa shape index (κ2) is 12.3. The van der Waals surface area contributed by atoms with E-state index in [0.717, 1.165) is 24.8 Å². The predicted octanol–water partition coefficient (Wildman–Crippen LogP) is 11.2. The lowest BCUT2D eigenvalue weighted by Crippen LogP contribution is -2.17. The Morgan fingerprint density at radius 3 is 2.31 bits per heavy atom. The number of alkyl halides is 4. The first-order valence-corrected chi connectivity index (χ1v) is 14.7. The number of aryl methyl sites for hydroxylation is 2. The van der Waals surface area contributed by atoms with Crippen molar-refractivity contribution in [3.8, 4) is 0 Å². The molecular formula is C38H42F4. The molecule has 0 radical (unpaired) electrons. The standard InChI is InChI=1S/C35H37F.C3H3F3.H2/c1-6-25(5)32-21-26(11-15-28(7-2)34(19-20-34)29-13-9-24(4)10-14-29)12-16-31(32)27-17-18-35(33(36)8-3)23-30(35)22-27;1-2-3(4,5)6;/h9-10,12-14,16-18,21-22,30,33H,1-2,8,11,15,19-20,23H2,3-5H3;2H,1H2;1H. The Morgan fingerprint density at radius 2 is 1.79 bits per heavy atom. The average Bonchev–Trinajstić information content (AvgIpc) is 3.92. The minimum Gasteiger partial charge on any atom is -0.247 e. The molecule has 3 aliphatic rings. The van der Waals surface area contributed by atoms with Crippen molar-refractivity contribution in [1.82, 2.24) is 0 Å². The zero-order valence-electron chi connectivity index (χ0n) is 24.9. The van der Waals surface area contributed by atoms with Crippen LogP contribution in [0.2, 0.25) is 0 Å². The van der Waals surface area contributed by atoms with E-state index in [1.165, 1.54) is 51.8 Å². The molecule has 2 aromatic rings. The fourth-order valence-corrected chi connectivity index (χ4v) is 6.20. The molecule has 0 spiro atoms. The van der Waals surface area contributed by atoms with Gasteiger partial charge in [0, 0.05) is 18.3 Å². The quantitative estimate of drug-likeness (QED) is 0.159. The summed E-state index contributed by atoms with van der Waals surface area (Å²) >= 11 is 0. The molecule has 42 heavy (non-hydrogen) atoms. The van der Waals surface area contributed by atoms with Crippen LogP contribution < -0.4 is 0 Å². The number of benzene rings is 2. The number of rotatable bonds is 9. The van der Waals surface area contributed by atoms with Gasteiger partial charge in [0.25, 0.3) is 0 Å². The van der Waals surface area contributed by atoms with Crippen LogP contribution in [0, 0.1) is 18.3 Å². The van der Waals surface area contributed by atoms with E-state index in [1.807, 2.05) is 6.92 Å². The lowest BCUT2D eigenvalue weighted by Gasteiger charge is -2.21. The minimum absolute atomic E-state index is 0. The molecular weight excluding hydrogens is 532 g/mol. The van der Waals surface area contributed by atoms with Crippen molar-refractivity contribution in [1.29, 1.82) is 0 Å². The Hall–Kier alpha value is -3.58. The van der Waals surface area contributed by atoms with Crippen molar-refractivity contribution in [3.05, 3.63) is 131 Å². The van der Waals surface area contributed by atoms with E-state index in [0.29, 0.717) is 12.3 Å². The molecule has 2 fully saturated rings. The van der Waals surface area contributed by atoms with E-state index < -0.39 is 12.3 Å². The van der Waals surface area contributed by atoms with Crippen LogP contribution in [0.15, 0.2) is 104 Å². The van der Waals surface area contributed by atoms with Gasteiger partial charge in [-0.3, -0.25) is 0 Å². The van der Waals surface area contributed by atoms with Crippen molar-refractivity contribution in [3.63, 3.8) is 0 Å². The van der Waals surface area contributed by atoms with Gasteiger partial charge in [-0.1, -0.05) is 92.9 Å². The number of fused-ring (bicyclic) bond motifs is 1. The maximum atomic E-state index is 14.6. The SMILES string of the molecule is C=C=C(C)c1cc(CCC(=C=C)C2(c3ccc(C)cc3)CC2)ccc1C1=CC2CC2(C(F)CC)C=C1.C=CC(F)(F)F.[HH]. The van der Waals surface area contributed by atoms with Crippen LogP contribution >= 0.6 is 0 Å². The Bertz CT molecular complexity index is 1490. The molecule has 2 aromatic carbocycles. The molecule has 2 saturated carbocycles. The normalized spacial score (nSPS) is 21.8. The third kappa shape index (κ3) is 6.57. The second-order valence-electron chi connectivity index (χ2n) is 11.8. The molecule has 0 nitrogen and oxygen atoms in total. The molecule has 0 N–H and O–H groups in total. The van der Waals surface area contributed by atoms with Gasteiger partial charge in [0.1, 0.15) is 6.17 Å². The van der Waals surface area contributed by atoms with Gasteiger partial charge in [-0.2, -0.15) is 13.2 Å². The smallest absolute Gasteiger partial charge is 0.247 e. The summed E-state index contributed by atoms with van der Waals surface area (Å²) in [6.45, 7) is 16.6. The van der Waals surface area contributed by atoms with Gasteiger partial charge in [-0.05, 0) is 97.3 Å². The van der Waals surface area contributed by atoms with Gasteiger partial charge in [-0.25, -0.2) is 4.39 Å². The lowest BCUT2D eigenvalue weighted by atomic mass is 9.83. The van der Waals surface area contributed by atoms with Crippen LogP contribution in [0.4, 0.5) is 17.6 Å². The molecule has 3 aliphatic carbocycles. The molecule has 0 aromatic heterocycles. The second-order valence-corrected chi connectivity index (χ2v) is 11.8. The molecule has 4 heteroatoms. The zero-order valence-corrected chi connectivity index (χ0v) is 24.9. The summed E-state index contributed by atoms with van der Waals surface area (Å²) in [4.78, 5) is 0. The van der Waals surface area contributed by atoms with Crippen molar-refractivity contribution in [2.45, 2.75) is 77.1 Å². The van der Waals surface area contributed by atoms with Crippen LogP contribution in [0.3, 0.4) is 0 Å². The van der Waals surface area contributed by atoms with E-state index in [2.05, 4.69) is 106 Å². The number of allylic oxidation sites excluding steroid dienone is 7. The Labute approximate surface area is 249 Å². The highest BCUT2D eigenvalue weighted by Gasteiger charge is 2.57. The van der Waals surface area contributed by atoms with Gasteiger partial charge >= 0.3 is 6.18 Å². The molecule has 0 aliphatic heterocycles. The van der Waals surface area contributed by atoms with Crippen molar-refractivity contribution < 1.29 is 19.0 Å². The molecule has 3 unspecified atom stereocenters. The van der Waals surface area contributed by atoms with Gasteiger partial charge in [0.05, 0.1) is 0 Å². The average molecular weight is 575 g/mol. The minimum atomic E-state index is -4.19. The highest BCUT2D eigenvalue weighted by Crippen LogP contribution is 2.62. The van der Waals surface area contributed by atoms with Gasteiger partial charge in [0.2, 0.25) is 0 Å². The molecule has 222 valence electrons.